The third-order valence-electron chi connectivity index (χ3n) is 2.76. The molecule has 0 aromatic carbocycles. The van der Waals surface area contributed by atoms with Gasteiger partial charge in [-0.1, -0.05) is 0 Å². The number of nitrogens with two attached hydrogens (primary N) is 1. The molecule has 1 saturated heterocycles. The van der Waals surface area contributed by atoms with Crippen molar-refractivity contribution in [3.05, 3.63) is 0 Å². The highest BCUT2D eigenvalue weighted by molar-refractivity contribution is 5.77. The van der Waals surface area contributed by atoms with Crippen molar-refractivity contribution < 1.29 is 18.0 Å². The molecule has 1 unspecified atom stereocenters. The van der Waals surface area contributed by atoms with E-state index in [1.807, 2.05) is 0 Å². The van der Waals surface area contributed by atoms with Crippen molar-refractivity contribution in [2.75, 3.05) is 26.2 Å². The van der Waals surface area contributed by atoms with Gasteiger partial charge >= 0.3 is 6.18 Å². The third kappa shape index (κ3) is 5.36. The fraction of sp³-hybridized carbons (Fsp3) is 0.900. The molecule has 1 heterocycles. The first-order valence-electron chi connectivity index (χ1n) is 5.70. The Morgan fingerprint density at radius 3 is 2.41 bits per heavy atom. The first kappa shape index (κ1) is 14.2. The summed E-state index contributed by atoms with van der Waals surface area (Å²) in [6.07, 6.45) is -2.30. The number of carbonyl (C=O) groups excluding carboxylic acids is 1. The molecule has 100 valence electrons. The molecule has 1 aliphatic rings. The molecule has 0 radical (unpaired) electrons. The third-order valence-corrected chi connectivity index (χ3v) is 2.76. The number of hydrogen-bond donors (Lipinski definition) is 2. The lowest BCUT2D eigenvalue weighted by atomic mass is 10.2. The number of amides is 1. The normalized spacial score (nSPS) is 18.5. The van der Waals surface area contributed by atoms with Gasteiger partial charge in [0.1, 0.15) is 0 Å². The highest BCUT2D eigenvalue weighted by Crippen LogP contribution is 2.14. The van der Waals surface area contributed by atoms with Crippen LogP contribution in [0.2, 0.25) is 0 Å². The number of nitrogens with one attached hydrogen (secondary N) is 1. The van der Waals surface area contributed by atoms with Crippen LogP contribution in [0.4, 0.5) is 13.2 Å². The molecule has 1 atom stereocenters. The number of likely N-dealkylation sites (tertiary alicyclic amines) is 1. The maximum atomic E-state index is 12.0. The molecule has 17 heavy (non-hydrogen) atoms. The standard InChI is InChI=1S/C10H18F3N3O/c11-10(12,13)7-15-8(6-14)5-9(17)16-3-1-2-4-16/h8,15H,1-7,14H2. The van der Waals surface area contributed by atoms with Crippen molar-refractivity contribution in [2.45, 2.75) is 31.5 Å². The van der Waals surface area contributed by atoms with Gasteiger partial charge in [0.05, 0.1) is 6.54 Å². The maximum Gasteiger partial charge on any atom is 0.401 e. The van der Waals surface area contributed by atoms with E-state index in [1.54, 1.807) is 4.90 Å². The minimum Gasteiger partial charge on any atom is -0.343 e. The van der Waals surface area contributed by atoms with Crippen molar-refractivity contribution >= 4 is 5.91 Å². The summed E-state index contributed by atoms with van der Waals surface area (Å²) in [7, 11) is 0. The van der Waals surface area contributed by atoms with Crippen molar-refractivity contribution in [3.8, 4) is 0 Å². The van der Waals surface area contributed by atoms with Gasteiger partial charge in [0.25, 0.3) is 0 Å². The molecule has 0 aliphatic carbocycles. The van der Waals surface area contributed by atoms with Crippen LogP contribution in [0.3, 0.4) is 0 Å². The van der Waals surface area contributed by atoms with Crippen LogP contribution in [0.5, 0.6) is 0 Å². The van der Waals surface area contributed by atoms with Gasteiger partial charge in [-0.15, -0.1) is 0 Å². The Morgan fingerprint density at radius 1 is 1.35 bits per heavy atom. The Kier molecular flexibility index (Phi) is 5.20. The molecular formula is C10H18F3N3O. The van der Waals surface area contributed by atoms with Crippen LogP contribution in [-0.4, -0.2) is 49.2 Å². The fourth-order valence-corrected chi connectivity index (χ4v) is 1.81. The summed E-state index contributed by atoms with van der Waals surface area (Å²) in [4.78, 5) is 13.4. The van der Waals surface area contributed by atoms with Gasteiger partial charge in [0, 0.05) is 32.1 Å². The van der Waals surface area contributed by atoms with Crippen LogP contribution < -0.4 is 11.1 Å². The molecular weight excluding hydrogens is 235 g/mol. The zero-order valence-electron chi connectivity index (χ0n) is 9.59. The number of nitrogens with zero attached hydrogens (tertiary/aromatic N) is 1. The first-order chi connectivity index (χ1) is 7.92. The Hall–Kier alpha value is -0.820. The summed E-state index contributed by atoms with van der Waals surface area (Å²) >= 11 is 0. The van der Waals surface area contributed by atoms with E-state index in [-0.39, 0.29) is 18.9 Å². The smallest absolute Gasteiger partial charge is 0.343 e. The molecule has 1 amide bonds. The van der Waals surface area contributed by atoms with Gasteiger partial charge in [0.2, 0.25) is 5.91 Å². The lowest BCUT2D eigenvalue weighted by Crippen LogP contribution is -2.44. The molecule has 0 bridgehead atoms. The Labute approximate surface area is 98.3 Å². The largest absolute Gasteiger partial charge is 0.401 e. The van der Waals surface area contributed by atoms with Gasteiger partial charge in [-0.3, -0.25) is 4.79 Å². The molecule has 7 heteroatoms. The topological polar surface area (TPSA) is 58.4 Å². The SMILES string of the molecule is NCC(CC(=O)N1CCCC1)NCC(F)(F)F. The van der Waals surface area contributed by atoms with Crippen LogP contribution in [-0.2, 0) is 4.79 Å². The average molecular weight is 253 g/mol. The van der Waals surface area contributed by atoms with Gasteiger partial charge < -0.3 is 16.0 Å². The van der Waals surface area contributed by atoms with Crippen LogP contribution in [0.25, 0.3) is 0 Å². The van der Waals surface area contributed by atoms with E-state index in [9.17, 15) is 18.0 Å². The second kappa shape index (κ2) is 6.20. The minimum absolute atomic E-state index is 0.0235. The molecule has 0 aromatic rings. The lowest BCUT2D eigenvalue weighted by Gasteiger charge is -2.21. The van der Waals surface area contributed by atoms with Crippen LogP contribution in [0, 0.1) is 0 Å². The van der Waals surface area contributed by atoms with E-state index in [0.29, 0.717) is 13.1 Å². The van der Waals surface area contributed by atoms with Gasteiger partial charge in [0.15, 0.2) is 0 Å². The van der Waals surface area contributed by atoms with Crippen molar-refractivity contribution in [1.29, 1.82) is 0 Å². The van der Waals surface area contributed by atoms with E-state index in [2.05, 4.69) is 5.32 Å². The number of halogens is 3. The van der Waals surface area contributed by atoms with Crippen LogP contribution in [0.15, 0.2) is 0 Å². The summed E-state index contributed by atoms with van der Waals surface area (Å²) in [6, 6.07) is -0.607. The molecule has 4 nitrogen and oxygen atoms in total. The van der Waals surface area contributed by atoms with Crippen molar-refractivity contribution in [3.63, 3.8) is 0 Å². The number of rotatable bonds is 5. The van der Waals surface area contributed by atoms with E-state index < -0.39 is 18.8 Å². The molecule has 0 aromatic heterocycles. The molecule has 0 spiro atoms. The van der Waals surface area contributed by atoms with Crippen molar-refractivity contribution in [1.82, 2.24) is 10.2 Å². The second-order valence-electron chi connectivity index (χ2n) is 4.22. The monoisotopic (exact) mass is 253 g/mol. The quantitative estimate of drug-likeness (QED) is 0.749. The Balaban J connectivity index is 2.32. The predicted molar refractivity (Wildman–Crippen MR) is 57.3 cm³/mol. The summed E-state index contributed by atoms with van der Waals surface area (Å²) in [5, 5.41) is 2.27. The molecule has 1 fully saturated rings. The van der Waals surface area contributed by atoms with Crippen LogP contribution >= 0.6 is 0 Å². The molecule has 0 saturated carbocycles. The summed E-state index contributed by atoms with van der Waals surface area (Å²) in [5.74, 6) is -0.118. The second-order valence-corrected chi connectivity index (χ2v) is 4.22. The minimum atomic E-state index is -4.27. The lowest BCUT2D eigenvalue weighted by molar-refractivity contribution is -0.133. The van der Waals surface area contributed by atoms with Gasteiger partial charge in [-0.25, -0.2) is 0 Å². The summed E-state index contributed by atoms with van der Waals surface area (Å²) in [5.41, 5.74) is 5.35. The maximum absolute atomic E-state index is 12.0. The zero-order chi connectivity index (χ0) is 12.9. The fourth-order valence-electron chi connectivity index (χ4n) is 1.81. The highest BCUT2D eigenvalue weighted by atomic mass is 19.4. The van der Waals surface area contributed by atoms with E-state index in [1.165, 1.54) is 0 Å². The van der Waals surface area contributed by atoms with Crippen LogP contribution in [0.1, 0.15) is 19.3 Å². The van der Waals surface area contributed by atoms with E-state index in [4.69, 9.17) is 5.73 Å². The number of alkyl halides is 3. The summed E-state index contributed by atoms with van der Waals surface area (Å²) in [6.45, 7) is 0.322. The summed E-state index contributed by atoms with van der Waals surface area (Å²) < 4.78 is 36.0. The highest BCUT2D eigenvalue weighted by Gasteiger charge is 2.29. The number of carbonyl (C=O) groups is 1. The molecule has 1 aliphatic heterocycles. The van der Waals surface area contributed by atoms with Gasteiger partial charge in [-0.2, -0.15) is 13.2 Å². The Morgan fingerprint density at radius 2 is 1.94 bits per heavy atom. The molecule has 1 rings (SSSR count). The zero-order valence-corrected chi connectivity index (χ0v) is 9.59. The Bertz CT molecular complexity index is 252. The van der Waals surface area contributed by atoms with E-state index in [0.717, 1.165) is 12.8 Å². The average Bonchev–Trinajstić information content (AvgIpc) is 2.75. The predicted octanol–water partition coefficient (Wildman–Crippen LogP) is 0.478. The van der Waals surface area contributed by atoms with Crippen molar-refractivity contribution in [2.24, 2.45) is 5.73 Å². The van der Waals surface area contributed by atoms with E-state index >= 15 is 0 Å². The first-order valence-corrected chi connectivity index (χ1v) is 5.70. The van der Waals surface area contributed by atoms with Gasteiger partial charge in [-0.05, 0) is 12.8 Å². The number of hydrogen-bond acceptors (Lipinski definition) is 3. The molecule has 3 N–H and O–H groups in total.